The topological polar surface area (TPSA) is 75.7 Å². The van der Waals surface area contributed by atoms with E-state index in [4.69, 9.17) is 4.74 Å². The summed E-state index contributed by atoms with van der Waals surface area (Å²) in [6.45, 7) is 2.52. The third kappa shape index (κ3) is 3.89. The molecule has 10 heteroatoms. The van der Waals surface area contributed by atoms with Crippen molar-refractivity contribution >= 4 is 21.6 Å². The minimum absolute atomic E-state index is 0.0622. The van der Waals surface area contributed by atoms with E-state index in [0.717, 1.165) is 6.07 Å². The maximum atomic E-state index is 13.8. The minimum atomic E-state index is -3.85. The molecule has 2 aromatic carbocycles. The van der Waals surface area contributed by atoms with Crippen LogP contribution in [-0.4, -0.2) is 44.9 Å². The number of carbonyl (C=O) groups excluding carboxylic acids is 1. The highest BCUT2D eigenvalue weighted by molar-refractivity contribution is 7.89. The lowest BCUT2D eigenvalue weighted by Crippen LogP contribution is -2.40. The Kier molecular flexibility index (Phi) is 5.73. The molecule has 0 radical (unpaired) electrons. The van der Waals surface area contributed by atoms with Crippen molar-refractivity contribution in [1.29, 1.82) is 0 Å². The second-order valence-electron chi connectivity index (χ2n) is 6.17. The molecule has 1 aliphatic rings. The first-order valence-corrected chi connectivity index (χ1v) is 9.79. The zero-order chi connectivity index (χ0) is 20.5. The van der Waals surface area contributed by atoms with Crippen LogP contribution in [0.25, 0.3) is 0 Å². The van der Waals surface area contributed by atoms with Crippen LogP contribution < -0.4 is 5.32 Å². The number of amides is 1. The summed E-state index contributed by atoms with van der Waals surface area (Å²) in [6.07, 6.45) is 0. The van der Waals surface area contributed by atoms with Gasteiger partial charge < -0.3 is 10.1 Å². The van der Waals surface area contributed by atoms with Gasteiger partial charge in [0, 0.05) is 18.7 Å². The molecule has 0 unspecified atom stereocenters. The van der Waals surface area contributed by atoms with Crippen molar-refractivity contribution in [3.05, 3.63) is 58.9 Å². The van der Waals surface area contributed by atoms with E-state index in [2.05, 4.69) is 5.32 Å². The number of sulfonamides is 1. The van der Waals surface area contributed by atoms with Gasteiger partial charge >= 0.3 is 0 Å². The number of hydrogen-bond donors (Lipinski definition) is 1. The van der Waals surface area contributed by atoms with Gasteiger partial charge in [-0.3, -0.25) is 4.79 Å². The molecule has 3 rings (SSSR count). The van der Waals surface area contributed by atoms with Gasteiger partial charge in [0.2, 0.25) is 10.0 Å². The van der Waals surface area contributed by atoms with E-state index in [1.807, 2.05) is 0 Å². The molecule has 0 spiro atoms. The molecular weight excluding hydrogens is 397 g/mol. The van der Waals surface area contributed by atoms with Crippen molar-refractivity contribution in [3.63, 3.8) is 0 Å². The Morgan fingerprint density at radius 1 is 1.07 bits per heavy atom. The van der Waals surface area contributed by atoms with Gasteiger partial charge in [-0.15, -0.1) is 0 Å². The average molecular weight is 414 g/mol. The van der Waals surface area contributed by atoms with Crippen molar-refractivity contribution in [2.24, 2.45) is 0 Å². The Morgan fingerprint density at radius 3 is 2.43 bits per heavy atom. The van der Waals surface area contributed by atoms with E-state index in [1.165, 1.54) is 22.5 Å². The van der Waals surface area contributed by atoms with E-state index >= 15 is 0 Å². The fourth-order valence-corrected chi connectivity index (χ4v) is 4.42. The normalized spacial score (nSPS) is 15.4. The smallest absolute Gasteiger partial charge is 0.255 e. The fraction of sp³-hybridized carbons (Fsp3) is 0.278. The van der Waals surface area contributed by atoms with Gasteiger partial charge in [0.25, 0.3) is 5.91 Å². The highest BCUT2D eigenvalue weighted by atomic mass is 32.2. The van der Waals surface area contributed by atoms with Gasteiger partial charge in [0.15, 0.2) is 17.5 Å². The molecule has 1 amide bonds. The van der Waals surface area contributed by atoms with Gasteiger partial charge in [-0.05, 0) is 36.8 Å². The predicted molar refractivity (Wildman–Crippen MR) is 95.0 cm³/mol. The molecular formula is C18H17F3N2O4S. The van der Waals surface area contributed by atoms with Crippen LogP contribution in [0, 0.1) is 24.4 Å². The molecule has 0 saturated carbocycles. The monoisotopic (exact) mass is 414 g/mol. The molecule has 0 aromatic heterocycles. The highest BCUT2D eigenvalue weighted by Gasteiger charge is 2.28. The summed E-state index contributed by atoms with van der Waals surface area (Å²) in [6, 6.07) is 5.54. The van der Waals surface area contributed by atoms with Gasteiger partial charge in [0.1, 0.15) is 0 Å². The Bertz CT molecular complexity index is 1020. The Labute approximate surface area is 160 Å². The van der Waals surface area contributed by atoms with Crippen molar-refractivity contribution in [2.75, 3.05) is 31.6 Å². The number of ether oxygens (including phenoxy) is 1. The summed E-state index contributed by atoms with van der Waals surface area (Å²) >= 11 is 0. The van der Waals surface area contributed by atoms with Gasteiger partial charge in [0.05, 0.1) is 23.8 Å². The summed E-state index contributed by atoms with van der Waals surface area (Å²) in [5.41, 5.74) is -0.189. The second-order valence-corrected chi connectivity index (χ2v) is 8.08. The van der Waals surface area contributed by atoms with Crippen molar-refractivity contribution in [1.82, 2.24) is 4.31 Å². The zero-order valence-electron chi connectivity index (χ0n) is 14.8. The third-order valence-electron chi connectivity index (χ3n) is 4.32. The molecule has 28 heavy (non-hydrogen) atoms. The highest BCUT2D eigenvalue weighted by Crippen LogP contribution is 2.24. The van der Waals surface area contributed by atoms with Gasteiger partial charge in [-0.25, -0.2) is 21.6 Å². The summed E-state index contributed by atoms with van der Waals surface area (Å²) in [4.78, 5) is 12.3. The molecule has 0 aliphatic carbocycles. The number of rotatable bonds is 4. The summed E-state index contributed by atoms with van der Waals surface area (Å²) in [5.74, 6) is -5.49. The van der Waals surface area contributed by atoms with Crippen LogP contribution in [0.1, 0.15) is 15.9 Å². The minimum Gasteiger partial charge on any atom is -0.379 e. The first kappa shape index (κ1) is 20.3. The van der Waals surface area contributed by atoms with E-state index in [1.54, 1.807) is 6.92 Å². The summed E-state index contributed by atoms with van der Waals surface area (Å²) < 4.78 is 72.3. The van der Waals surface area contributed by atoms with E-state index < -0.39 is 39.1 Å². The number of morpholine rings is 1. The van der Waals surface area contributed by atoms with Crippen molar-refractivity contribution in [2.45, 2.75) is 11.8 Å². The number of carbonyl (C=O) groups is 1. The molecule has 1 heterocycles. The van der Waals surface area contributed by atoms with Crippen LogP contribution >= 0.6 is 0 Å². The maximum absolute atomic E-state index is 13.8. The molecule has 0 bridgehead atoms. The number of nitrogens with zero attached hydrogens (tertiary/aromatic N) is 1. The predicted octanol–water partition coefficient (Wildman–Crippen LogP) is 2.69. The fourth-order valence-electron chi connectivity index (χ4n) is 2.76. The molecule has 1 aliphatic heterocycles. The number of nitrogens with one attached hydrogen (secondary N) is 1. The number of aryl methyl sites for hydroxylation is 1. The van der Waals surface area contributed by atoms with E-state index in [0.29, 0.717) is 11.6 Å². The van der Waals surface area contributed by atoms with Gasteiger partial charge in [-0.1, -0.05) is 6.07 Å². The maximum Gasteiger partial charge on any atom is 0.255 e. The Balaban J connectivity index is 1.91. The number of halogens is 3. The van der Waals surface area contributed by atoms with Crippen molar-refractivity contribution < 1.29 is 31.1 Å². The quantitative estimate of drug-likeness (QED) is 0.781. The molecule has 6 nitrogen and oxygen atoms in total. The third-order valence-corrected chi connectivity index (χ3v) is 6.36. The van der Waals surface area contributed by atoms with Crippen LogP contribution in [-0.2, 0) is 14.8 Å². The molecule has 150 valence electrons. The number of anilines is 1. The standard InChI is InChI=1S/C18H17F3N2O4S/c1-11-2-3-12(10-15(11)28(25,26)23-6-8-27-9-7-23)18(24)22-14-5-4-13(19)16(20)17(14)21/h2-5,10H,6-9H2,1H3,(H,22,24). The first-order chi connectivity index (χ1) is 13.2. The second kappa shape index (κ2) is 7.90. The van der Waals surface area contributed by atoms with Crippen LogP contribution in [0.3, 0.4) is 0 Å². The van der Waals surface area contributed by atoms with Crippen LogP contribution in [0.15, 0.2) is 35.2 Å². The SMILES string of the molecule is Cc1ccc(C(=O)Nc2ccc(F)c(F)c2F)cc1S(=O)(=O)N1CCOCC1. The molecule has 2 aromatic rings. The molecule has 1 fully saturated rings. The lowest BCUT2D eigenvalue weighted by Gasteiger charge is -2.26. The number of hydrogen-bond acceptors (Lipinski definition) is 4. The van der Waals surface area contributed by atoms with Crippen LogP contribution in [0.2, 0.25) is 0 Å². The van der Waals surface area contributed by atoms with Crippen LogP contribution in [0.5, 0.6) is 0 Å². The van der Waals surface area contributed by atoms with E-state index in [9.17, 15) is 26.4 Å². The molecule has 0 atom stereocenters. The first-order valence-electron chi connectivity index (χ1n) is 8.35. The summed E-state index contributed by atoms with van der Waals surface area (Å²) in [5, 5.41) is 2.12. The Morgan fingerprint density at radius 2 is 1.75 bits per heavy atom. The van der Waals surface area contributed by atoms with Crippen LogP contribution in [0.4, 0.5) is 18.9 Å². The molecule has 1 N–H and O–H groups in total. The number of benzene rings is 2. The van der Waals surface area contributed by atoms with E-state index in [-0.39, 0.29) is 36.8 Å². The molecule has 1 saturated heterocycles. The average Bonchev–Trinajstić information content (AvgIpc) is 2.69. The van der Waals surface area contributed by atoms with Gasteiger partial charge in [-0.2, -0.15) is 4.31 Å². The lowest BCUT2D eigenvalue weighted by atomic mass is 10.1. The lowest BCUT2D eigenvalue weighted by molar-refractivity contribution is 0.0730. The summed E-state index contributed by atoms with van der Waals surface area (Å²) in [7, 11) is -3.85. The largest absolute Gasteiger partial charge is 0.379 e. The van der Waals surface area contributed by atoms with Crippen molar-refractivity contribution in [3.8, 4) is 0 Å². The Hall–Kier alpha value is -2.43. The zero-order valence-corrected chi connectivity index (χ0v) is 15.7.